The number of nitrogens with zero attached hydrogens (tertiary/aromatic N) is 3. The first-order valence-electron chi connectivity index (χ1n) is 11.0. The quantitative estimate of drug-likeness (QED) is 0.610. The van der Waals surface area contributed by atoms with Crippen LogP contribution in [-0.4, -0.2) is 59.5 Å². The van der Waals surface area contributed by atoms with E-state index in [-0.39, 0.29) is 30.2 Å². The van der Waals surface area contributed by atoms with Gasteiger partial charge in [-0.25, -0.2) is 0 Å². The van der Waals surface area contributed by atoms with E-state index in [4.69, 9.17) is 0 Å². The highest BCUT2D eigenvalue weighted by Gasteiger charge is 2.26. The summed E-state index contributed by atoms with van der Waals surface area (Å²) in [5.41, 5.74) is 2.62. The SMILES string of the molecule is CN(C(=O)c1cc(C2CCN(C(=O)CNC(=O)c3ccccc3)CC2)[nH]n1)c1ccccc1. The minimum atomic E-state index is -0.256. The van der Waals surface area contributed by atoms with Gasteiger partial charge in [0, 0.05) is 43.0 Å². The molecule has 4 rings (SSSR count). The molecule has 1 aliphatic heterocycles. The summed E-state index contributed by atoms with van der Waals surface area (Å²) in [6.45, 7) is 1.17. The van der Waals surface area contributed by atoms with Crippen LogP contribution in [-0.2, 0) is 4.79 Å². The van der Waals surface area contributed by atoms with Crippen molar-refractivity contribution in [3.8, 4) is 0 Å². The van der Waals surface area contributed by atoms with Gasteiger partial charge in [-0.1, -0.05) is 36.4 Å². The number of carbonyl (C=O) groups excluding carboxylic acids is 3. The van der Waals surface area contributed by atoms with Crippen molar-refractivity contribution in [3.05, 3.63) is 83.7 Å². The van der Waals surface area contributed by atoms with Gasteiger partial charge in [0.2, 0.25) is 5.91 Å². The maximum Gasteiger partial charge on any atom is 0.278 e. The molecule has 0 bridgehead atoms. The number of rotatable bonds is 6. The number of piperidine rings is 1. The van der Waals surface area contributed by atoms with Gasteiger partial charge >= 0.3 is 0 Å². The molecule has 0 saturated carbocycles. The third kappa shape index (κ3) is 5.28. The molecule has 0 atom stereocenters. The van der Waals surface area contributed by atoms with Crippen LogP contribution < -0.4 is 10.2 Å². The molecule has 3 amide bonds. The Morgan fingerprint density at radius 2 is 1.67 bits per heavy atom. The van der Waals surface area contributed by atoms with E-state index in [1.807, 2.05) is 42.5 Å². The van der Waals surface area contributed by atoms with E-state index in [2.05, 4.69) is 15.5 Å². The molecule has 33 heavy (non-hydrogen) atoms. The predicted octanol–water partition coefficient (Wildman–Crippen LogP) is 2.82. The average molecular weight is 446 g/mol. The first-order chi connectivity index (χ1) is 16.0. The number of likely N-dealkylation sites (tertiary alicyclic amines) is 1. The van der Waals surface area contributed by atoms with Gasteiger partial charge in [-0.05, 0) is 43.2 Å². The summed E-state index contributed by atoms with van der Waals surface area (Å²) in [7, 11) is 1.73. The van der Waals surface area contributed by atoms with Crippen LogP contribution in [0.4, 0.5) is 5.69 Å². The average Bonchev–Trinajstić information content (AvgIpc) is 3.37. The number of hydrogen-bond acceptors (Lipinski definition) is 4. The largest absolute Gasteiger partial charge is 0.343 e. The van der Waals surface area contributed by atoms with E-state index in [1.54, 1.807) is 41.1 Å². The Bertz CT molecular complexity index is 1110. The molecule has 1 saturated heterocycles. The van der Waals surface area contributed by atoms with Crippen molar-refractivity contribution in [2.75, 3.05) is 31.6 Å². The molecular formula is C25H27N5O3. The third-order valence-corrected chi connectivity index (χ3v) is 5.99. The number of H-pyrrole nitrogens is 1. The molecule has 8 heteroatoms. The van der Waals surface area contributed by atoms with Crippen LogP contribution in [0.5, 0.6) is 0 Å². The van der Waals surface area contributed by atoms with E-state index >= 15 is 0 Å². The van der Waals surface area contributed by atoms with Crippen LogP contribution in [0.15, 0.2) is 66.7 Å². The second-order valence-electron chi connectivity index (χ2n) is 8.11. The summed E-state index contributed by atoms with van der Waals surface area (Å²) in [6, 6.07) is 20.1. The topological polar surface area (TPSA) is 98.4 Å². The van der Waals surface area contributed by atoms with Crippen molar-refractivity contribution < 1.29 is 14.4 Å². The molecule has 0 spiro atoms. The summed E-state index contributed by atoms with van der Waals surface area (Å²) >= 11 is 0. The molecule has 0 unspecified atom stereocenters. The van der Waals surface area contributed by atoms with E-state index in [0.29, 0.717) is 24.3 Å². The Hall–Kier alpha value is -3.94. The second-order valence-corrected chi connectivity index (χ2v) is 8.11. The molecule has 8 nitrogen and oxygen atoms in total. The number of hydrogen-bond donors (Lipinski definition) is 2. The zero-order valence-corrected chi connectivity index (χ0v) is 18.5. The molecule has 0 radical (unpaired) electrons. The van der Waals surface area contributed by atoms with Gasteiger partial charge in [0.05, 0.1) is 6.54 Å². The fourth-order valence-corrected chi connectivity index (χ4v) is 4.00. The summed E-state index contributed by atoms with van der Waals surface area (Å²) in [5.74, 6) is -0.328. The van der Waals surface area contributed by atoms with Crippen molar-refractivity contribution in [1.82, 2.24) is 20.4 Å². The highest BCUT2D eigenvalue weighted by Crippen LogP contribution is 2.27. The second kappa shape index (κ2) is 10.1. The minimum Gasteiger partial charge on any atom is -0.343 e. The lowest BCUT2D eigenvalue weighted by molar-refractivity contribution is -0.131. The van der Waals surface area contributed by atoms with Crippen LogP contribution >= 0.6 is 0 Å². The number of para-hydroxylation sites is 1. The van der Waals surface area contributed by atoms with Gasteiger partial charge in [-0.2, -0.15) is 5.10 Å². The fourth-order valence-electron chi connectivity index (χ4n) is 4.00. The van der Waals surface area contributed by atoms with Gasteiger partial charge in [-0.3, -0.25) is 19.5 Å². The first-order valence-corrected chi connectivity index (χ1v) is 11.0. The minimum absolute atomic E-state index is 0.0209. The Balaban J connectivity index is 1.28. The van der Waals surface area contributed by atoms with Crippen LogP contribution in [0, 0.1) is 0 Å². The molecule has 170 valence electrons. The lowest BCUT2D eigenvalue weighted by Gasteiger charge is -2.31. The highest BCUT2D eigenvalue weighted by molar-refractivity contribution is 6.04. The van der Waals surface area contributed by atoms with Crippen LogP contribution in [0.1, 0.15) is 45.3 Å². The molecule has 1 aromatic heterocycles. The van der Waals surface area contributed by atoms with E-state index in [9.17, 15) is 14.4 Å². The van der Waals surface area contributed by atoms with Crippen molar-refractivity contribution in [2.45, 2.75) is 18.8 Å². The molecular weight excluding hydrogens is 418 g/mol. The molecule has 1 fully saturated rings. The van der Waals surface area contributed by atoms with E-state index in [0.717, 1.165) is 24.2 Å². The number of benzene rings is 2. The highest BCUT2D eigenvalue weighted by atomic mass is 16.2. The van der Waals surface area contributed by atoms with Gasteiger partial charge in [0.15, 0.2) is 5.69 Å². The summed E-state index contributed by atoms with van der Waals surface area (Å²) < 4.78 is 0. The van der Waals surface area contributed by atoms with Crippen molar-refractivity contribution in [3.63, 3.8) is 0 Å². The lowest BCUT2D eigenvalue weighted by Crippen LogP contribution is -2.43. The van der Waals surface area contributed by atoms with Gasteiger partial charge < -0.3 is 15.1 Å². The lowest BCUT2D eigenvalue weighted by atomic mass is 9.93. The van der Waals surface area contributed by atoms with Gasteiger partial charge in [0.1, 0.15) is 0 Å². The van der Waals surface area contributed by atoms with Gasteiger partial charge in [0.25, 0.3) is 11.8 Å². The molecule has 2 heterocycles. The van der Waals surface area contributed by atoms with Gasteiger partial charge in [-0.15, -0.1) is 0 Å². The van der Waals surface area contributed by atoms with E-state index in [1.165, 1.54) is 0 Å². The number of anilines is 1. The number of amides is 3. The van der Waals surface area contributed by atoms with Crippen molar-refractivity contribution in [2.24, 2.45) is 0 Å². The predicted molar refractivity (Wildman–Crippen MR) is 125 cm³/mol. The zero-order valence-electron chi connectivity index (χ0n) is 18.5. The zero-order chi connectivity index (χ0) is 23.2. The standard InChI is InChI=1S/C25H27N5O3/c1-29(20-10-6-3-7-11-20)25(33)22-16-21(27-28-22)18-12-14-30(15-13-18)23(31)17-26-24(32)19-8-4-2-5-9-19/h2-11,16,18H,12-15,17H2,1H3,(H,26,32)(H,27,28). The first kappa shape index (κ1) is 22.3. The smallest absolute Gasteiger partial charge is 0.278 e. The fraction of sp³-hybridized carbons (Fsp3) is 0.280. The third-order valence-electron chi connectivity index (χ3n) is 5.99. The number of aromatic nitrogens is 2. The van der Waals surface area contributed by atoms with Crippen LogP contribution in [0.25, 0.3) is 0 Å². The van der Waals surface area contributed by atoms with Crippen LogP contribution in [0.3, 0.4) is 0 Å². The maximum absolute atomic E-state index is 12.8. The summed E-state index contributed by atoms with van der Waals surface area (Å²) in [4.78, 5) is 40.8. The monoisotopic (exact) mass is 445 g/mol. The number of carbonyl (C=O) groups is 3. The van der Waals surface area contributed by atoms with E-state index < -0.39 is 0 Å². The Morgan fingerprint density at radius 1 is 1.03 bits per heavy atom. The summed E-state index contributed by atoms with van der Waals surface area (Å²) in [5, 5.41) is 9.92. The van der Waals surface area contributed by atoms with Crippen molar-refractivity contribution in [1.29, 1.82) is 0 Å². The Labute approximate surface area is 192 Å². The van der Waals surface area contributed by atoms with Crippen molar-refractivity contribution >= 4 is 23.4 Å². The molecule has 0 aliphatic carbocycles. The number of nitrogens with one attached hydrogen (secondary N) is 2. The number of aromatic amines is 1. The molecule has 2 N–H and O–H groups in total. The molecule has 2 aromatic carbocycles. The molecule has 1 aliphatic rings. The Kier molecular flexibility index (Phi) is 6.83. The normalized spacial score (nSPS) is 14.0. The summed E-state index contributed by atoms with van der Waals surface area (Å²) in [6.07, 6.45) is 1.53. The van der Waals surface area contributed by atoms with Crippen LogP contribution in [0.2, 0.25) is 0 Å². The molecule has 3 aromatic rings. The maximum atomic E-state index is 12.8. The Morgan fingerprint density at radius 3 is 2.33 bits per heavy atom.